The minimum Gasteiger partial charge on any atom is -0.474 e. The van der Waals surface area contributed by atoms with Crippen LogP contribution in [0.2, 0.25) is 0 Å². The van der Waals surface area contributed by atoms with E-state index in [9.17, 15) is 4.79 Å². The van der Waals surface area contributed by atoms with E-state index in [1.807, 2.05) is 11.0 Å². The van der Waals surface area contributed by atoms with Crippen LogP contribution in [0, 0.1) is 0 Å². The molecule has 7 nitrogen and oxygen atoms in total. The van der Waals surface area contributed by atoms with Crippen LogP contribution in [0.1, 0.15) is 12.8 Å². The monoisotopic (exact) mass is 342 g/mol. The number of piperazine rings is 1. The van der Waals surface area contributed by atoms with Crippen LogP contribution in [0.4, 0.5) is 5.82 Å². The van der Waals surface area contributed by atoms with Crippen molar-refractivity contribution in [3.05, 3.63) is 12.1 Å². The molecule has 0 atom stereocenters. The molecule has 8 heteroatoms. The number of hydrogen-bond acceptors (Lipinski definition) is 6. The van der Waals surface area contributed by atoms with Crippen molar-refractivity contribution in [2.45, 2.75) is 12.8 Å². The fraction of sp³-hybridized carbons (Fsp3) is 0.667. The van der Waals surface area contributed by atoms with Gasteiger partial charge in [0.25, 0.3) is 0 Å². The van der Waals surface area contributed by atoms with Crippen molar-refractivity contribution < 1.29 is 14.3 Å². The number of ether oxygens (including phenoxy) is 2. The van der Waals surface area contributed by atoms with E-state index in [0.717, 1.165) is 25.3 Å². The number of rotatable bonds is 8. The molecule has 0 aliphatic carbocycles. The molecule has 0 bridgehead atoms. The van der Waals surface area contributed by atoms with E-state index in [0.29, 0.717) is 44.5 Å². The Morgan fingerprint density at radius 1 is 1.22 bits per heavy atom. The molecular weight excluding hydrogens is 320 g/mol. The molecule has 1 fully saturated rings. The first-order chi connectivity index (χ1) is 11.2. The summed E-state index contributed by atoms with van der Waals surface area (Å²) in [5, 5.41) is 8.25. The van der Waals surface area contributed by atoms with Crippen molar-refractivity contribution in [2.75, 3.05) is 57.3 Å². The first-order valence-electron chi connectivity index (χ1n) is 7.78. The highest BCUT2D eigenvalue weighted by Crippen LogP contribution is 2.15. The second kappa shape index (κ2) is 9.52. The van der Waals surface area contributed by atoms with Gasteiger partial charge in [0.1, 0.15) is 6.61 Å². The Morgan fingerprint density at radius 3 is 2.61 bits per heavy atom. The number of alkyl halides is 1. The van der Waals surface area contributed by atoms with Crippen molar-refractivity contribution >= 4 is 23.3 Å². The summed E-state index contributed by atoms with van der Waals surface area (Å²) >= 11 is 5.63. The highest BCUT2D eigenvalue weighted by Gasteiger charge is 2.21. The van der Waals surface area contributed by atoms with Gasteiger partial charge in [-0.3, -0.25) is 4.79 Å². The standard InChI is InChI=1S/C15H23ClN4O3/c1-22-11-12-23-14-5-4-13(17-18-14)19-7-9-20(10-8-19)15(21)3-2-6-16/h4-5H,2-3,6-12H2,1H3. The van der Waals surface area contributed by atoms with E-state index in [1.165, 1.54) is 0 Å². The highest BCUT2D eigenvalue weighted by atomic mass is 35.5. The first-order valence-corrected chi connectivity index (χ1v) is 8.32. The third-order valence-corrected chi connectivity index (χ3v) is 3.91. The molecule has 0 unspecified atom stereocenters. The van der Waals surface area contributed by atoms with Crippen LogP contribution >= 0.6 is 11.6 Å². The Bertz CT molecular complexity index is 478. The van der Waals surface area contributed by atoms with Crippen molar-refractivity contribution in [1.82, 2.24) is 15.1 Å². The number of methoxy groups -OCH3 is 1. The van der Waals surface area contributed by atoms with Crippen LogP contribution in [-0.2, 0) is 9.53 Å². The van der Waals surface area contributed by atoms with Gasteiger partial charge >= 0.3 is 0 Å². The number of carbonyl (C=O) groups is 1. The Hall–Kier alpha value is -1.60. The third kappa shape index (κ3) is 5.51. The van der Waals surface area contributed by atoms with E-state index in [2.05, 4.69) is 15.1 Å². The molecule has 1 saturated heterocycles. The predicted molar refractivity (Wildman–Crippen MR) is 88.2 cm³/mol. The SMILES string of the molecule is COCCOc1ccc(N2CCN(C(=O)CCCCl)CC2)nn1. The molecule has 0 spiro atoms. The number of nitrogens with zero attached hydrogens (tertiary/aromatic N) is 4. The fourth-order valence-corrected chi connectivity index (χ4v) is 2.48. The Balaban J connectivity index is 1.79. The van der Waals surface area contributed by atoms with E-state index >= 15 is 0 Å². The molecule has 0 N–H and O–H groups in total. The molecule has 1 aromatic rings. The van der Waals surface area contributed by atoms with Crippen LogP contribution < -0.4 is 9.64 Å². The molecule has 2 heterocycles. The van der Waals surface area contributed by atoms with Gasteiger partial charge in [-0.15, -0.1) is 21.8 Å². The van der Waals surface area contributed by atoms with Crippen molar-refractivity contribution in [3.8, 4) is 5.88 Å². The Morgan fingerprint density at radius 2 is 2.00 bits per heavy atom. The lowest BCUT2D eigenvalue weighted by atomic mass is 10.2. The predicted octanol–water partition coefficient (Wildman–Crippen LogP) is 1.17. The van der Waals surface area contributed by atoms with Crippen LogP contribution in [0.15, 0.2) is 12.1 Å². The average molecular weight is 343 g/mol. The second-order valence-electron chi connectivity index (χ2n) is 5.23. The molecule has 0 saturated carbocycles. The zero-order valence-electron chi connectivity index (χ0n) is 13.4. The maximum absolute atomic E-state index is 12.0. The minimum atomic E-state index is 0.179. The van der Waals surface area contributed by atoms with Gasteiger partial charge in [-0.2, -0.15) is 0 Å². The summed E-state index contributed by atoms with van der Waals surface area (Å²) < 4.78 is 10.3. The third-order valence-electron chi connectivity index (χ3n) is 3.64. The summed E-state index contributed by atoms with van der Waals surface area (Å²) in [7, 11) is 1.62. The van der Waals surface area contributed by atoms with Crippen molar-refractivity contribution in [2.24, 2.45) is 0 Å². The number of carbonyl (C=O) groups excluding carboxylic acids is 1. The zero-order valence-corrected chi connectivity index (χ0v) is 14.2. The number of aromatic nitrogens is 2. The van der Waals surface area contributed by atoms with Crippen molar-refractivity contribution in [1.29, 1.82) is 0 Å². The highest BCUT2D eigenvalue weighted by molar-refractivity contribution is 6.17. The lowest BCUT2D eigenvalue weighted by Crippen LogP contribution is -2.49. The molecule has 0 radical (unpaired) electrons. The molecule has 2 rings (SSSR count). The summed E-state index contributed by atoms with van der Waals surface area (Å²) in [6, 6.07) is 3.69. The molecule has 1 aromatic heterocycles. The summed E-state index contributed by atoms with van der Waals surface area (Å²) in [6.07, 6.45) is 1.26. The molecule has 23 heavy (non-hydrogen) atoms. The quantitative estimate of drug-likeness (QED) is 0.522. The minimum absolute atomic E-state index is 0.179. The number of hydrogen-bond donors (Lipinski definition) is 0. The first kappa shape index (κ1) is 17.7. The van der Waals surface area contributed by atoms with Crippen LogP contribution in [-0.4, -0.2) is 73.4 Å². The second-order valence-corrected chi connectivity index (χ2v) is 5.61. The van der Waals surface area contributed by atoms with Gasteiger partial charge in [0.15, 0.2) is 5.82 Å². The van der Waals surface area contributed by atoms with E-state index < -0.39 is 0 Å². The number of anilines is 1. The summed E-state index contributed by atoms with van der Waals surface area (Å²) in [5.41, 5.74) is 0. The summed E-state index contributed by atoms with van der Waals surface area (Å²) in [6.45, 7) is 3.89. The van der Waals surface area contributed by atoms with Crippen molar-refractivity contribution in [3.63, 3.8) is 0 Å². The van der Waals surface area contributed by atoms with E-state index in [1.54, 1.807) is 13.2 Å². The van der Waals surface area contributed by atoms with Crippen LogP contribution in [0.25, 0.3) is 0 Å². The molecule has 1 aliphatic rings. The van der Waals surface area contributed by atoms with Gasteiger partial charge in [0.2, 0.25) is 11.8 Å². The van der Waals surface area contributed by atoms with Crippen LogP contribution in [0.5, 0.6) is 5.88 Å². The van der Waals surface area contributed by atoms with Gasteiger partial charge in [-0.1, -0.05) is 0 Å². The lowest BCUT2D eigenvalue weighted by Gasteiger charge is -2.35. The van der Waals surface area contributed by atoms with Gasteiger partial charge in [-0.25, -0.2) is 0 Å². The van der Waals surface area contributed by atoms with Gasteiger partial charge in [0, 0.05) is 51.7 Å². The van der Waals surface area contributed by atoms with E-state index in [-0.39, 0.29) is 5.91 Å². The topological polar surface area (TPSA) is 67.8 Å². The Labute approximate surface area is 141 Å². The summed E-state index contributed by atoms with van der Waals surface area (Å²) in [4.78, 5) is 16.0. The van der Waals surface area contributed by atoms with Gasteiger partial charge < -0.3 is 19.3 Å². The molecule has 1 amide bonds. The maximum atomic E-state index is 12.0. The lowest BCUT2D eigenvalue weighted by molar-refractivity contribution is -0.131. The van der Waals surface area contributed by atoms with Crippen LogP contribution in [0.3, 0.4) is 0 Å². The molecule has 0 aromatic carbocycles. The largest absolute Gasteiger partial charge is 0.474 e. The fourth-order valence-electron chi connectivity index (χ4n) is 2.35. The number of halogens is 1. The van der Waals surface area contributed by atoms with Gasteiger partial charge in [0.05, 0.1) is 6.61 Å². The average Bonchev–Trinajstić information content (AvgIpc) is 2.61. The molecular formula is C15H23ClN4O3. The smallest absolute Gasteiger partial charge is 0.233 e. The number of amides is 1. The Kier molecular flexibility index (Phi) is 7.35. The zero-order chi connectivity index (χ0) is 16.5. The normalized spacial score (nSPS) is 14.9. The van der Waals surface area contributed by atoms with Gasteiger partial charge in [-0.05, 0) is 12.5 Å². The maximum Gasteiger partial charge on any atom is 0.233 e. The molecule has 1 aliphatic heterocycles. The van der Waals surface area contributed by atoms with E-state index in [4.69, 9.17) is 21.1 Å². The summed E-state index contributed by atoms with van der Waals surface area (Å²) in [5.74, 6) is 2.00. The molecule has 128 valence electrons.